The van der Waals surface area contributed by atoms with E-state index in [2.05, 4.69) is 10.5 Å². The minimum absolute atomic E-state index is 0.155. The molecule has 0 fully saturated rings. The number of thiophene rings is 1. The molecule has 0 saturated heterocycles. The zero-order chi connectivity index (χ0) is 12.8. The van der Waals surface area contributed by atoms with Gasteiger partial charge in [0.2, 0.25) is 0 Å². The lowest BCUT2D eigenvalue weighted by atomic mass is 10.1. The predicted molar refractivity (Wildman–Crippen MR) is 75.0 cm³/mol. The van der Waals surface area contributed by atoms with Gasteiger partial charge in [0.15, 0.2) is 0 Å². The molecule has 0 saturated carbocycles. The molecule has 0 unspecified atom stereocenters. The molecule has 0 atom stereocenters. The summed E-state index contributed by atoms with van der Waals surface area (Å²) >= 11 is 1.41. The van der Waals surface area contributed by atoms with Crippen LogP contribution in [0.25, 0.3) is 0 Å². The van der Waals surface area contributed by atoms with Gasteiger partial charge in [-0.3, -0.25) is 4.79 Å². The largest absolute Gasteiger partial charge is 0.281 e. The number of amides is 1. The van der Waals surface area contributed by atoms with Crippen LogP contribution in [0, 0.1) is 0 Å². The van der Waals surface area contributed by atoms with Gasteiger partial charge in [0, 0.05) is 12.1 Å². The first-order valence-corrected chi connectivity index (χ1v) is 6.54. The van der Waals surface area contributed by atoms with Crippen LogP contribution in [-0.2, 0) is 6.42 Å². The minimum Gasteiger partial charge on any atom is -0.266 e. The van der Waals surface area contributed by atoms with Crippen molar-refractivity contribution in [2.24, 2.45) is 5.10 Å². The van der Waals surface area contributed by atoms with Gasteiger partial charge in [-0.25, -0.2) is 5.43 Å². The van der Waals surface area contributed by atoms with Crippen molar-refractivity contribution in [3.05, 3.63) is 58.3 Å². The maximum Gasteiger partial charge on any atom is 0.281 e. The number of hydrogen-bond donors (Lipinski definition) is 1. The summed E-state index contributed by atoms with van der Waals surface area (Å²) in [5, 5.41) is 5.97. The molecule has 0 bridgehead atoms. The van der Waals surface area contributed by atoms with Crippen LogP contribution in [0.2, 0.25) is 0 Å². The maximum absolute atomic E-state index is 11.7. The summed E-state index contributed by atoms with van der Waals surface area (Å²) < 4.78 is 0. The first-order valence-electron chi connectivity index (χ1n) is 5.66. The van der Waals surface area contributed by atoms with Crippen molar-refractivity contribution >= 4 is 23.0 Å². The second-order valence-corrected chi connectivity index (χ2v) is 4.88. The van der Waals surface area contributed by atoms with Crippen molar-refractivity contribution < 1.29 is 4.79 Å². The highest BCUT2D eigenvalue weighted by Crippen LogP contribution is 2.07. The molecule has 1 amide bonds. The van der Waals surface area contributed by atoms with Gasteiger partial charge < -0.3 is 0 Å². The third-order valence-electron chi connectivity index (χ3n) is 2.40. The normalized spacial score (nSPS) is 11.3. The van der Waals surface area contributed by atoms with E-state index < -0.39 is 0 Å². The van der Waals surface area contributed by atoms with Crippen molar-refractivity contribution in [1.29, 1.82) is 0 Å². The maximum atomic E-state index is 11.7. The predicted octanol–water partition coefficient (Wildman–Crippen LogP) is 3.10. The molecule has 0 aliphatic carbocycles. The smallest absolute Gasteiger partial charge is 0.266 e. The molecule has 3 nitrogen and oxygen atoms in total. The number of carbonyl (C=O) groups is 1. The summed E-state index contributed by atoms with van der Waals surface area (Å²) in [6.07, 6.45) is 0.742. The lowest BCUT2D eigenvalue weighted by Crippen LogP contribution is -2.18. The topological polar surface area (TPSA) is 41.5 Å². The molecule has 1 heterocycles. The van der Waals surface area contributed by atoms with Gasteiger partial charge in [-0.05, 0) is 23.9 Å². The standard InChI is InChI=1S/C14H14N2OS/c1-11(10-12-6-3-2-4-7-12)15-16-14(17)13-8-5-9-18-13/h2-9H,10H2,1H3,(H,16,17). The fourth-order valence-electron chi connectivity index (χ4n) is 1.54. The molecule has 2 aromatic rings. The van der Waals surface area contributed by atoms with Crippen LogP contribution in [0.15, 0.2) is 52.9 Å². The van der Waals surface area contributed by atoms with Crippen LogP contribution in [0.5, 0.6) is 0 Å². The van der Waals surface area contributed by atoms with E-state index in [-0.39, 0.29) is 5.91 Å². The van der Waals surface area contributed by atoms with E-state index in [4.69, 9.17) is 0 Å². The Morgan fingerprint density at radius 3 is 2.67 bits per heavy atom. The molecule has 1 N–H and O–H groups in total. The molecule has 4 heteroatoms. The van der Waals surface area contributed by atoms with Crippen molar-refractivity contribution in [2.45, 2.75) is 13.3 Å². The van der Waals surface area contributed by atoms with E-state index in [9.17, 15) is 4.79 Å². The first kappa shape index (κ1) is 12.5. The number of carbonyl (C=O) groups excluding carboxylic acids is 1. The lowest BCUT2D eigenvalue weighted by Gasteiger charge is -2.01. The molecule has 18 heavy (non-hydrogen) atoms. The number of benzene rings is 1. The summed E-state index contributed by atoms with van der Waals surface area (Å²) in [5.74, 6) is -0.155. The molecule has 0 spiro atoms. The Morgan fingerprint density at radius 1 is 1.22 bits per heavy atom. The van der Waals surface area contributed by atoms with E-state index in [1.54, 1.807) is 6.07 Å². The second-order valence-electron chi connectivity index (χ2n) is 3.93. The molecule has 92 valence electrons. The number of rotatable bonds is 4. The Morgan fingerprint density at radius 2 is 2.00 bits per heavy atom. The number of nitrogens with one attached hydrogen (secondary N) is 1. The van der Waals surface area contributed by atoms with Gasteiger partial charge in [0.05, 0.1) is 4.88 Å². The van der Waals surface area contributed by atoms with Gasteiger partial charge in [0.25, 0.3) is 5.91 Å². The summed E-state index contributed by atoms with van der Waals surface area (Å²) in [7, 11) is 0. The fraction of sp³-hybridized carbons (Fsp3) is 0.143. The Bertz CT molecular complexity index is 532. The highest BCUT2D eigenvalue weighted by molar-refractivity contribution is 7.12. The van der Waals surface area contributed by atoms with Crippen LogP contribution in [0.4, 0.5) is 0 Å². The Kier molecular flexibility index (Phi) is 4.25. The third-order valence-corrected chi connectivity index (χ3v) is 3.26. The van der Waals surface area contributed by atoms with E-state index in [1.165, 1.54) is 16.9 Å². The number of hydrazone groups is 1. The molecule has 0 aliphatic rings. The lowest BCUT2D eigenvalue weighted by molar-refractivity contribution is 0.0959. The number of hydrogen-bond acceptors (Lipinski definition) is 3. The van der Waals surface area contributed by atoms with E-state index in [1.807, 2.05) is 48.7 Å². The van der Waals surface area contributed by atoms with Gasteiger partial charge in [-0.2, -0.15) is 5.10 Å². The highest BCUT2D eigenvalue weighted by atomic mass is 32.1. The van der Waals surface area contributed by atoms with Gasteiger partial charge >= 0.3 is 0 Å². The second kappa shape index (κ2) is 6.12. The summed E-state index contributed by atoms with van der Waals surface area (Å²) in [4.78, 5) is 12.3. The monoisotopic (exact) mass is 258 g/mol. The summed E-state index contributed by atoms with van der Waals surface area (Å²) in [6, 6.07) is 13.7. The van der Waals surface area contributed by atoms with Crippen molar-refractivity contribution in [3.63, 3.8) is 0 Å². The van der Waals surface area contributed by atoms with Crippen molar-refractivity contribution in [1.82, 2.24) is 5.43 Å². The van der Waals surface area contributed by atoms with Crippen LogP contribution < -0.4 is 5.43 Å². The molecule has 0 radical (unpaired) electrons. The van der Waals surface area contributed by atoms with Gasteiger partial charge in [-0.1, -0.05) is 36.4 Å². The molecular formula is C14H14N2OS. The first-order chi connectivity index (χ1) is 8.75. The van der Waals surface area contributed by atoms with Crippen LogP contribution >= 0.6 is 11.3 Å². The van der Waals surface area contributed by atoms with Crippen molar-refractivity contribution in [3.8, 4) is 0 Å². The van der Waals surface area contributed by atoms with E-state index in [0.717, 1.165) is 12.1 Å². The fourth-order valence-corrected chi connectivity index (χ4v) is 2.15. The van der Waals surface area contributed by atoms with Gasteiger partial charge in [0.1, 0.15) is 0 Å². The van der Waals surface area contributed by atoms with Gasteiger partial charge in [-0.15, -0.1) is 11.3 Å². The van der Waals surface area contributed by atoms with Crippen LogP contribution in [-0.4, -0.2) is 11.6 Å². The Balaban J connectivity index is 1.92. The van der Waals surface area contributed by atoms with Crippen LogP contribution in [0.3, 0.4) is 0 Å². The Labute approximate surface area is 110 Å². The third kappa shape index (κ3) is 3.53. The highest BCUT2D eigenvalue weighted by Gasteiger charge is 2.04. The molecular weight excluding hydrogens is 244 g/mol. The zero-order valence-electron chi connectivity index (χ0n) is 10.1. The number of nitrogens with zero attached hydrogens (tertiary/aromatic N) is 1. The quantitative estimate of drug-likeness (QED) is 0.664. The SMILES string of the molecule is CC(Cc1ccccc1)=NNC(=O)c1cccs1. The molecule has 0 aliphatic heterocycles. The summed E-state index contributed by atoms with van der Waals surface area (Å²) in [5.41, 5.74) is 4.63. The Hall–Kier alpha value is -1.94. The van der Waals surface area contributed by atoms with Crippen molar-refractivity contribution in [2.75, 3.05) is 0 Å². The molecule has 1 aromatic carbocycles. The van der Waals surface area contributed by atoms with Crippen LogP contribution in [0.1, 0.15) is 22.2 Å². The summed E-state index contributed by atoms with van der Waals surface area (Å²) in [6.45, 7) is 1.90. The average molecular weight is 258 g/mol. The zero-order valence-corrected chi connectivity index (χ0v) is 10.9. The average Bonchev–Trinajstić information content (AvgIpc) is 2.91. The molecule has 2 rings (SSSR count). The van der Waals surface area contributed by atoms with E-state index >= 15 is 0 Å². The molecule has 1 aromatic heterocycles. The van der Waals surface area contributed by atoms with E-state index in [0.29, 0.717) is 4.88 Å². The minimum atomic E-state index is -0.155.